The maximum atomic E-state index is 6.17. The number of hydrogen-bond donors (Lipinski definition) is 1. The summed E-state index contributed by atoms with van der Waals surface area (Å²) in [4.78, 5) is 0. The minimum atomic E-state index is 0.0538. The van der Waals surface area contributed by atoms with Crippen molar-refractivity contribution in [2.24, 2.45) is 24.6 Å². The third-order valence-electron chi connectivity index (χ3n) is 2.87. The van der Waals surface area contributed by atoms with E-state index >= 15 is 0 Å². The van der Waals surface area contributed by atoms with Crippen molar-refractivity contribution in [1.29, 1.82) is 0 Å². The van der Waals surface area contributed by atoms with Gasteiger partial charge in [-0.2, -0.15) is 5.10 Å². The van der Waals surface area contributed by atoms with Crippen LogP contribution < -0.4 is 5.73 Å². The van der Waals surface area contributed by atoms with Crippen LogP contribution in [0.5, 0.6) is 0 Å². The summed E-state index contributed by atoms with van der Waals surface area (Å²) in [6, 6.07) is 0.0538. The van der Waals surface area contributed by atoms with Gasteiger partial charge in [0.25, 0.3) is 0 Å². The lowest BCUT2D eigenvalue weighted by atomic mass is 9.88. The predicted molar refractivity (Wildman–Crippen MR) is 61.8 cm³/mol. The van der Waals surface area contributed by atoms with Gasteiger partial charge in [-0.05, 0) is 27.8 Å². The molecule has 1 heterocycles. The highest BCUT2D eigenvalue weighted by Crippen LogP contribution is 2.29. The summed E-state index contributed by atoms with van der Waals surface area (Å²) in [7, 11) is 1.90. The fourth-order valence-corrected chi connectivity index (χ4v) is 1.82. The van der Waals surface area contributed by atoms with E-state index in [1.54, 1.807) is 4.68 Å². The molecule has 0 fully saturated rings. The summed E-state index contributed by atoms with van der Waals surface area (Å²) in [5.74, 6) is 1.03. The number of aromatic nitrogens is 2. The van der Waals surface area contributed by atoms with Crippen molar-refractivity contribution in [1.82, 2.24) is 9.78 Å². The zero-order chi connectivity index (χ0) is 10.9. The molecule has 0 radical (unpaired) electrons. The summed E-state index contributed by atoms with van der Waals surface area (Å²) in [5, 5.41) is 4.17. The maximum Gasteiger partial charge on any atom is 0.108 e. The first-order valence-electron chi connectivity index (χ1n) is 4.88. The molecule has 0 amide bonds. The Morgan fingerprint density at radius 2 is 2.00 bits per heavy atom. The molecule has 0 aliphatic carbocycles. The van der Waals surface area contributed by atoms with Crippen LogP contribution in [0.25, 0.3) is 0 Å². The quantitative estimate of drug-likeness (QED) is 0.907. The minimum Gasteiger partial charge on any atom is -0.324 e. The van der Waals surface area contributed by atoms with Crippen molar-refractivity contribution in [2.45, 2.75) is 26.8 Å². The Hall–Kier alpha value is -0.350. The number of nitrogens with two attached hydrogens (primary N) is 1. The van der Waals surface area contributed by atoms with E-state index in [-0.39, 0.29) is 6.04 Å². The Morgan fingerprint density at radius 1 is 1.43 bits per heavy atom. The van der Waals surface area contributed by atoms with Gasteiger partial charge in [0.2, 0.25) is 0 Å². The number of hydrogen-bond acceptors (Lipinski definition) is 2. The van der Waals surface area contributed by atoms with Gasteiger partial charge in [0.15, 0.2) is 0 Å². The maximum absolute atomic E-state index is 6.17. The van der Waals surface area contributed by atoms with Crippen molar-refractivity contribution in [2.75, 3.05) is 0 Å². The number of rotatable bonds is 3. The second-order valence-electron chi connectivity index (χ2n) is 4.14. The highest BCUT2D eigenvalue weighted by Gasteiger charge is 2.21. The van der Waals surface area contributed by atoms with Crippen LogP contribution >= 0.6 is 15.9 Å². The largest absolute Gasteiger partial charge is 0.324 e. The first-order chi connectivity index (χ1) is 6.45. The normalized spacial score (nSPS) is 15.9. The first kappa shape index (κ1) is 11.7. The van der Waals surface area contributed by atoms with Crippen LogP contribution in [0.15, 0.2) is 10.8 Å². The smallest absolute Gasteiger partial charge is 0.108 e. The molecule has 2 unspecified atom stereocenters. The van der Waals surface area contributed by atoms with Gasteiger partial charge in [0.05, 0.1) is 6.20 Å². The molecule has 4 heteroatoms. The van der Waals surface area contributed by atoms with Gasteiger partial charge in [0, 0.05) is 18.7 Å². The topological polar surface area (TPSA) is 43.8 Å². The molecule has 1 rings (SSSR count). The molecular weight excluding hydrogens is 242 g/mol. The van der Waals surface area contributed by atoms with Gasteiger partial charge in [-0.15, -0.1) is 0 Å². The lowest BCUT2D eigenvalue weighted by Crippen LogP contribution is -2.23. The zero-order valence-corrected chi connectivity index (χ0v) is 10.7. The molecule has 2 N–H and O–H groups in total. The summed E-state index contributed by atoms with van der Waals surface area (Å²) >= 11 is 3.49. The molecule has 0 saturated carbocycles. The van der Waals surface area contributed by atoms with Gasteiger partial charge in [-0.1, -0.05) is 20.8 Å². The summed E-state index contributed by atoms with van der Waals surface area (Å²) in [6.45, 7) is 6.55. The molecule has 1 aromatic rings. The zero-order valence-electron chi connectivity index (χ0n) is 9.16. The molecular formula is C10H18BrN3. The summed E-state index contributed by atoms with van der Waals surface area (Å²) in [5.41, 5.74) is 7.26. The summed E-state index contributed by atoms with van der Waals surface area (Å²) in [6.07, 6.45) is 1.84. The Bertz CT molecular complexity index is 306. The summed E-state index contributed by atoms with van der Waals surface area (Å²) < 4.78 is 2.78. The standard InChI is InChI=1S/C10H18BrN3/c1-6(2)7(3)9(12)8-5-13-14(4)10(8)11/h5-7,9H,12H2,1-4H3. The minimum absolute atomic E-state index is 0.0538. The second kappa shape index (κ2) is 4.45. The third-order valence-corrected chi connectivity index (χ3v) is 3.84. The predicted octanol–water partition coefficient (Wildman–Crippen LogP) is 2.47. The fraction of sp³-hybridized carbons (Fsp3) is 0.700. The van der Waals surface area contributed by atoms with E-state index in [2.05, 4.69) is 41.8 Å². The molecule has 14 heavy (non-hydrogen) atoms. The molecule has 0 saturated heterocycles. The van der Waals surface area contributed by atoms with Gasteiger partial charge in [-0.3, -0.25) is 4.68 Å². The van der Waals surface area contributed by atoms with Gasteiger partial charge in [0.1, 0.15) is 4.60 Å². The monoisotopic (exact) mass is 259 g/mol. The molecule has 0 aromatic carbocycles. The van der Waals surface area contributed by atoms with Gasteiger partial charge in [-0.25, -0.2) is 0 Å². The first-order valence-corrected chi connectivity index (χ1v) is 5.67. The van der Waals surface area contributed by atoms with Gasteiger partial charge >= 0.3 is 0 Å². The molecule has 0 spiro atoms. The van der Waals surface area contributed by atoms with Crippen molar-refractivity contribution < 1.29 is 0 Å². The second-order valence-corrected chi connectivity index (χ2v) is 4.89. The van der Waals surface area contributed by atoms with Crippen LogP contribution in [0.1, 0.15) is 32.4 Å². The van der Waals surface area contributed by atoms with Crippen molar-refractivity contribution in [3.8, 4) is 0 Å². The van der Waals surface area contributed by atoms with E-state index in [0.29, 0.717) is 11.8 Å². The highest BCUT2D eigenvalue weighted by atomic mass is 79.9. The van der Waals surface area contributed by atoms with Crippen LogP contribution in [-0.2, 0) is 7.05 Å². The van der Waals surface area contributed by atoms with E-state index in [1.807, 2.05) is 13.2 Å². The third kappa shape index (κ3) is 2.17. The average molecular weight is 260 g/mol. The Balaban J connectivity index is 2.89. The Morgan fingerprint density at radius 3 is 2.36 bits per heavy atom. The average Bonchev–Trinajstić information content (AvgIpc) is 2.45. The molecule has 0 aliphatic heterocycles. The van der Waals surface area contributed by atoms with Crippen molar-refractivity contribution >= 4 is 15.9 Å². The van der Waals surface area contributed by atoms with E-state index in [9.17, 15) is 0 Å². The number of aryl methyl sites for hydroxylation is 1. The molecule has 0 bridgehead atoms. The van der Waals surface area contributed by atoms with E-state index < -0.39 is 0 Å². The molecule has 80 valence electrons. The van der Waals surface area contributed by atoms with Crippen LogP contribution in [0.2, 0.25) is 0 Å². The van der Waals surface area contributed by atoms with Crippen LogP contribution in [0.4, 0.5) is 0 Å². The molecule has 3 nitrogen and oxygen atoms in total. The van der Waals surface area contributed by atoms with Gasteiger partial charge < -0.3 is 5.73 Å². The molecule has 2 atom stereocenters. The number of nitrogens with zero attached hydrogens (tertiary/aromatic N) is 2. The van der Waals surface area contributed by atoms with Crippen LogP contribution in [-0.4, -0.2) is 9.78 Å². The Labute approximate surface area is 93.8 Å². The SMILES string of the molecule is CC(C)C(C)C(N)c1cnn(C)c1Br. The van der Waals surface area contributed by atoms with E-state index in [1.165, 1.54) is 0 Å². The van der Waals surface area contributed by atoms with Crippen molar-refractivity contribution in [3.63, 3.8) is 0 Å². The molecule has 1 aromatic heterocycles. The lowest BCUT2D eigenvalue weighted by molar-refractivity contribution is 0.351. The molecule has 0 aliphatic rings. The Kier molecular flexibility index (Phi) is 3.72. The van der Waals surface area contributed by atoms with Crippen LogP contribution in [0, 0.1) is 11.8 Å². The fourth-order valence-electron chi connectivity index (χ4n) is 1.36. The van der Waals surface area contributed by atoms with Crippen LogP contribution in [0.3, 0.4) is 0 Å². The van der Waals surface area contributed by atoms with Crippen molar-refractivity contribution in [3.05, 3.63) is 16.4 Å². The lowest BCUT2D eigenvalue weighted by Gasteiger charge is -2.22. The highest BCUT2D eigenvalue weighted by molar-refractivity contribution is 9.10. The number of halogens is 1. The van der Waals surface area contributed by atoms with E-state index in [0.717, 1.165) is 10.2 Å². The van der Waals surface area contributed by atoms with E-state index in [4.69, 9.17) is 5.73 Å².